The standard InChI is InChI=1S/C21H24N2O4/c1-15(14-27-19-10-4-3-9-18(19)26-2)22-21(25)16-7-5-8-17(13-16)23-12-6-11-20(23)24/h3-5,7-10,13,15H,6,11-12,14H2,1-2H3,(H,22,25)/t15-/m0/s1. The number of carbonyl (C=O) groups is 2. The van der Waals surface area contributed by atoms with Crippen molar-refractivity contribution in [2.75, 3.05) is 25.2 Å². The van der Waals surface area contributed by atoms with Crippen LogP contribution in [0.5, 0.6) is 11.5 Å². The van der Waals surface area contributed by atoms with Crippen molar-refractivity contribution >= 4 is 17.5 Å². The zero-order valence-corrected chi connectivity index (χ0v) is 15.6. The highest BCUT2D eigenvalue weighted by molar-refractivity contribution is 5.99. The van der Waals surface area contributed by atoms with Crippen LogP contribution in [0.1, 0.15) is 30.1 Å². The van der Waals surface area contributed by atoms with Crippen molar-refractivity contribution in [3.8, 4) is 11.5 Å². The number of ether oxygens (including phenoxy) is 2. The molecule has 142 valence electrons. The molecule has 2 aromatic carbocycles. The van der Waals surface area contributed by atoms with Gasteiger partial charge in [-0.15, -0.1) is 0 Å². The third-order valence-corrected chi connectivity index (χ3v) is 4.43. The van der Waals surface area contributed by atoms with Crippen molar-refractivity contribution in [2.45, 2.75) is 25.8 Å². The van der Waals surface area contributed by atoms with Crippen molar-refractivity contribution in [2.24, 2.45) is 0 Å². The van der Waals surface area contributed by atoms with Crippen molar-refractivity contribution < 1.29 is 19.1 Å². The largest absolute Gasteiger partial charge is 0.493 e. The van der Waals surface area contributed by atoms with Crippen LogP contribution in [-0.4, -0.2) is 38.1 Å². The first-order chi connectivity index (χ1) is 13.1. The smallest absolute Gasteiger partial charge is 0.251 e. The van der Waals surface area contributed by atoms with E-state index in [0.717, 1.165) is 12.1 Å². The number of hydrogen-bond acceptors (Lipinski definition) is 4. The molecular formula is C21H24N2O4. The first kappa shape index (κ1) is 18.8. The summed E-state index contributed by atoms with van der Waals surface area (Å²) in [6.45, 7) is 2.89. The molecule has 0 aromatic heterocycles. The van der Waals surface area contributed by atoms with Crippen molar-refractivity contribution in [3.63, 3.8) is 0 Å². The molecule has 3 rings (SSSR count). The van der Waals surface area contributed by atoms with Gasteiger partial charge in [0, 0.05) is 24.2 Å². The number of rotatable bonds is 7. The summed E-state index contributed by atoms with van der Waals surface area (Å²) in [7, 11) is 1.59. The summed E-state index contributed by atoms with van der Waals surface area (Å²) in [5.74, 6) is 1.19. The Balaban J connectivity index is 1.59. The lowest BCUT2D eigenvalue weighted by molar-refractivity contribution is -0.117. The van der Waals surface area contributed by atoms with E-state index in [1.54, 1.807) is 30.2 Å². The molecule has 2 amide bonds. The van der Waals surface area contributed by atoms with Gasteiger partial charge in [0.05, 0.1) is 13.2 Å². The van der Waals surface area contributed by atoms with Crippen LogP contribution in [0, 0.1) is 0 Å². The van der Waals surface area contributed by atoms with Gasteiger partial charge in [0.2, 0.25) is 5.91 Å². The van der Waals surface area contributed by atoms with Gasteiger partial charge in [-0.05, 0) is 43.7 Å². The molecule has 0 radical (unpaired) electrons. The third kappa shape index (κ3) is 4.58. The van der Waals surface area contributed by atoms with E-state index in [9.17, 15) is 9.59 Å². The fraction of sp³-hybridized carbons (Fsp3) is 0.333. The van der Waals surface area contributed by atoms with Gasteiger partial charge in [-0.3, -0.25) is 9.59 Å². The maximum absolute atomic E-state index is 12.5. The van der Waals surface area contributed by atoms with Gasteiger partial charge in [-0.25, -0.2) is 0 Å². The number of methoxy groups -OCH3 is 1. The minimum Gasteiger partial charge on any atom is -0.493 e. The number of nitrogens with one attached hydrogen (secondary N) is 1. The van der Waals surface area contributed by atoms with E-state index in [-0.39, 0.29) is 17.9 Å². The van der Waals surface area contributed by atoms with Gasteiger partial charge < -0.3 is 19.7 Å². The molecule has 0 aliphatic carbocycles. The van der Waals surface area contributed by atoms with Gasteiger partial charge in [-0.1, -0.05) is 18.2 Å². The van der Waals surface area contributed by atoms with Crippen LogP contribution in [-0.2, 0) is 4.79 Å². The second-order valence-corrected chi connectivity index (χ2v) is 6.54. The summed E-state index contributed by atoms with van der Waals surface area (Å²) in [6.07, 6.45) is 1.42. The van der Waals surface area contributed by atoms with E-state index in [1.807, 2.05) is 37.3 Å². The monoisotopic (exact) mass is 368 g/mol. The van der Waals surface area contributed by atoms with Crippen LogP contribution in [0.25, 0.3) is 0 Å². The van der Waals surface area contributed by atoms with E-state index in [2.05, 4.69) is 5.32 Å². The van der Waals surface area contributed by atoms with E-state index in [0.29, 0.717) is 36.6 Å². The molecular weight excluding hydrogens is 344 g/mol. The number of hydrogen-bond donors (Lipinski definition) is 1. The predicted molar refractivity (Wildman–Crippen MR) is 103 cm³/mol. The highest BCUT2D eigenvalue weighted by Gasteiger charge is 2.22. The number of amides is 2. The Labute approximate surface area is 159 Å². The van der Waals surface area contributed by atoms with Gasteiger partial charge in [-0.2, -0.15) is 0 Å². The highest BCUT2D eigenvalue weighted by Crippen LogP contribution is 2.26. The summed E-state index contributed by atoms with van der Waals surface area (Å²) in [6, 6.07) is 14.3. The zero-order valence-electron chi connectivity index (χ0n) is 15.6. The number of para-hydroxylation sites is 2. The van der Waals surface area contributed by atoms with E-state index in [4.69, 9.17) is 9.47 Å². The van der Waals surface area contributed by atoms with Crippen molar-refractivity contribution in [3.05, 3.63) is 54.1 Å². The van der Waals surface area contributed by atoms with Crippen molar-refractivity contribution in [1.29, 1.82) is 0 Å². The second-order valence-electron chi connectivity index (χ2n) is 6.54. The Kier molecular flexibility index (Phi) is 5.96. The quantitative estimate of drug-likeness (QED) is 0.816. The van der Waals surface area contributed by atoms with Crippen LogP contribution in [0.2, 0.25) is 0 Å². The molecule has 27 heavy (non-hydrogen) atoms. The Bertz CT molecular complexity index is 821. The lowest BCUT2D eigenvalue weighted by Crippen LogP contribution is -2.37. The number of carbonyl (C=O) groups excluding carboxylic acids is 2. The molecule has 0 saturated carbocycles. The summed E-state index contributed by atoms with van der Waals surface area (Å²) in [5.41, 5.74) is 1.29. The lowest BCUT2D eigenvalue weighted by Gasteiger charge is -2.18. The second kappa shape index (κ2) is 8.58. The molecule has 1 fully saturated rings. The Morgan fingerprint density at radius 1 is 1.19 bits per heavy atom. The predicted octanol–water partition coefficient (Wildman–Crippen LogP) is 3.02. The zero-order chi connectivity index (χ0) is 19.2. The molecule has 6 nitrogen and oxygen atoms in total. The molecule has 1 saturated heterocycles. The van der Waals surface area contributed by atoms with Gasteiger partial charge in [0.1, 0.15) is 6.61 Å². The summed E-state index contributed by atoms with van der Waals surface area (Å²) >= 11 is 0. The first-order valence-corrected chi connectivity index (χ1v) is 9.05. The molecule has 0 bridgehead atoms. The molecule has 6 heteroatoms. The van der Waals surface area contributed by atoms with Crippen molar-refractivity contribution in [1.82, 2.24) is 5.32 Å². The van der Waals surface area contributed by atoms with Crippen LogP contribution in [0.4, 0.5) is 5.69 Å². The van der Waals surface area contributed by atoms with E-state index in [1.165, 1.54) is 0 Å². The Morgan fingerprint density at radius 3 is 2.67 bits per heavy atom. The average Bonchev–Trinajstić information content (AvgIpc) is 3.12. The summed E-state index contributed by atoms with van der Waals surface area (Å²) in [5, 5.41) is 2.92. The van der Waals surface area contributed by atoms with Crippen LogP contribution >= 0.6 is 0 Å². The highest BCUT2D eigenvalue weighted by atomic mass is 16.5. The van der Waals surface area contributed by atoms with E-state index < -0.39 is 0 Å². The normalized spacial score (nSPS) is 14.7. The molecule has 1 aliphatic heterocycles. The topological polar surface area (TPSA) is 67.9 Å². The maximum Gasteiger partial charge on any atom is 0.251 e. The maximum atomic E-state index is 12.5. The van der Waals surface area contributed by atoms with Crippen LogP contribution < -0.4 is 19.7 Å². The molecule has 2 aromatic rings. The SMILES string of the molecule is COc1ccccc1OC[C@H](C)NC(=O)c1cccc(N2CCCC2=O)c1. The molecule has 0 spiro atoms. The minimum absolute atomic E-state index is 0.103. The van der Waals surface area contributed by atoms with E-state index >= 15 is 0 Å². The Hall–Kier alpha value is -3.02. The Morgan fingerprint density at radius 2 is 1.96 bits per heavy atom. The summed E-state index contributed by atoms with van der Waals surface area (Å²) in [4.78, 5) is 26.2. The number of benzene rings is 2. The minimum atomic E-state index is -0.195. The third-order valence-electron chi connectivity index (χ3n) is 4.43. The molecule has 0 unspecified atom stereocenters. The van der Waals surface area contributed by atoms with Gasteiger partial charge in [0.15, 0.2) is 11.5 Å². The lowest BCUT2D eigenvalue weighted by atomic mass is 10.1. The fourth-order valence-corrected chi connectivity index (χ4v) is 3.04. The molecule has 1 atom stereocenters. The van der Waals surface area contributed by atoms with Crippen LogP contribution in [0.3, 0.4) is 0 Å². The fourth-order valence-electron chi connectivity index (χ4n) is 3.04. The van der Waals surface area contributed by atoms with Gasteiger partial charge >= 0.3 is 0 Å². The number of anilines is 1. The summed E-state index contributed by atoms with van der Waals surface area (Å²) < 4.78 is 11.0. The molecule has 1 N–H and O–H groups in total. The van der Waals surface area contributed by atoms with Gasteiger partial charge in [0.25, 0.3) is 5.91 Å². The number of nitrogens with zero attached hydrogens (tertiary/aromatic N) is 1. The molecule has 1 heterocycles. The average molecular weight is 368 g/mol. The van der Waals surface area contributed by atoms with Crippen LogP contribution in [0.15, 0.2) is 48.5 Å². The molecule has 1 aliphatic rings. The first-order valence-electron chi connectivity index (χ1n) is 9.05.